The second-order valence-electron chi connectivity index (χ2n) is 5.52. The lowest BCUT2D eigenvalue weighted by Gasteiger charge is -2.20. The smallest absolute Gasteiger partial charge is 0.418 e. The van der Waals surface area contributed by atoms with Crippen molar-refractivity contribution >= 4 is 5.97 Å². The van der Waals surface area contributed by atoms with Gasteiger partial charge in [0, 0.05) is 6.42 Å². The molecule has 1 N–H and O–H groups in total. The first kappa shape index (κ1) is 16.0. The van der Waals surface area contributed by atoms with Crippen LogP contribution >= 0.6 is 0 Å². The molecule has 22 heavy (non-hydrogen) atoms. The van der Waals surface area contributed by atoms with Gasteiger partial charge in [0.25, 0.3) is 0 Å². The first-order valence-electron chi connectivity index (χ1n) is 6.42. The Morgan fingerprint density at radius 2 is 1.91 bits per heavy atom. The molecule has 0 spiro atoms. The molecule has 0 bridgehead atoms. The maximum absolute atomic E-state index is 13.1. The predicted molar refractivity (Wildman–Crippen MR) is 71.5 cm³/mol. The van der Waals surface area contributed by atoms with Crippen LogP contribution in [0.5, 0.6) is 0 Å². The highest BCUT2D eigenvalue weighted by atomic mass is 19.4. The molecule has 118 valence electrons. The Kier molecular flexibility index (Phi) is 3.95. The fourth-order valence-electron chi connectivity index (χ4n) is 2.01. The average Bonchev–Trinajstić information content (AvgIpc) is 2.84. The molecule has 0 atom stereocenters. The number of para-hydroxylation sites is 1. The number of alkyl halides is 3. The molecule has 0 radical (unpaired) electrons. The molecule has 0 aliphatic heterocycles. The van der Waals surface area contributed by atoms with Crippen molar-refractivity contribution in [1.29, 1.82) is 0 Å². The quantitative estimate of drug-likeness (QED) is 0.942. The predicted octanol–water partition coefficient (Wildman–Crippen LogP) is 2.94. The van der Waals surface area contributed by atoms with Crippen LogP contribution in [-0.2, 0) is 17.4 Å². The third kappa shape index (κ3) is 3.10. The van der Waals surface area contributed by atoms with Crippen molar-refractivity contribution in [3.05, 3.63) is 41.7 Å². The van der Waals surface area contributed by atoms with Crippen molar-refractivity contribution in [2.45, 2.75) is 26.4 Å². The van der Waals surface area contributed by atoms with Crippen LogP contribution in [-0.4, -0.2) is 26.1 Å². The van der Waals surface area contributed by atoms with Crippen molar-refractivity contribution in [2.75, 3.05) is 0 Å². The Labute approximate surface area is 124 Å². The molecule has 8 heteroatoms. The number of rotatable bonds is 4. The van der Waals surface area contributed by atoms with Gasteiger partial charge in [-0.05, 0) is 26.0 Å². The van der Waals surface area contributed by atoms with Crippen LogP contribution in [0.1, 0.15) is 25.1 Å². The minimum absolute atomic E-state index is 0.00151. The highest BCUT2D eigenvalue weighted by Crippen LogP contribution is 2.34. The maximum atomic E-state index is 13.1. The van der Waals surface area contributed by atoms with E-state index in [1.54, 1.807) is 0 Å². The number of hydrogen-bond acceptors (Lipinski definition) is 3. The van der Waals surface area contributed by atoms with E-state index in [9.17, 15) is 18.0 Å². The van der Waals surface area contributed by atoms with Gasteiger partial charge in [0.2, 0.25) is 0 Å². The number of carboxylic acids is 1. The summed E-state index contributed by atoms with van der Waals surface area (Å²) >= 11 is 0. The van der Waals surface area contributed by atoms with Crippen LogP contribution in [0.3, 0.4) is 0 Å². The van der Waals surface area contributed by atoms with Crippen molar-refractivity contribution in [1.82, 2.24) is 15.0 Å². The molecule has 0 amide bonds. The summed E-state index contributed by atoms with van der Waals surface area (Å²) in [5, 5.41) is 16.5. The molecular weight excluding hydrogens is 299 g/mol. The summed E-state index contributed by atoms with van der Waals surface area (Å²) < 4.78 is 40.3. The van der Waals surface area contributed by atoms with E-state index >= 15 is 0 Å². The molecular formula is C14H14F3N3O2. The largest absolute Gasteiger partial charge is 0.481 e. The topological polar surface area (TPSA) is 68.0 Å². The van der Waals surface area contributed by atoms with Gasteiger partial charge >= 0.3 is 12.1 Å². The standard InChI is InChI=1S/C14H14F3N3O2/c1-13(2,12(21)22)7-9-8-18-19-20(9)11-6-4-3-5-10(11)14(15,16)17/h3-6,8H,7H2,1-2H3,(H,21,22). The number of halogens is 3. The molecule has 1 aromatic heterocycles. The van der Waals surface area contributed by atoms with Gasteiger partial charge < -0.3 is 5.11 Å². The van der Waals surface area contributed by atoms with Gasteiger partial charge in [-0.1, -0.05) is 17.3 Å². The Hall–Kier alpha value is -2.38. The number of carbonyl (C=O) groups is 1. The molecule has 0 fully saturated rings. The molecule has 1 heterocycles. The molecule has 5 nitrogen and oxygen atoms in total. The Bertz CT molecular complexity index is 693. The summed E-state index contributed by atoms with van der Waals surface area (Å²) in [6, 6.07) is 4.96. The number of aliphatic carboxylic acids is 1. The van der Waals surface area contributed by atoms with Gasteiger partial charge in [0.1, 0.15) is 0 Å². The fraction of sp³-hybridized carbons (Fsp3) is 0.357. The third-order valence-corrected chi connectivity index (χ3v) is 3.26. The summed E-state index contributed by atoms with van der Waals surface area (Å²) in [7, 11) is 0. The lowest BCUT2D eigenvalue weighted by Crippen LogP contribution is -2.27. The van der Waals surface area contributed by atoms with Crippen LogP contribution in [0.15, 0.2) is 30.5 Å². The molecule has 2 rings (SSSR count). The Morgan fingerprint density at radius 1 is 1.27 bits per heavy atom. The van der Waals surface area contributed by atoms with Gasteiger partial charge in [-0.15, -0.1) is 5.10 Å². The highest BCUT2D eigenvalue weighted by molar-refractivity contribution is 5.74. The van der Waals surface area contributed by atoms with Crippen LogP contribution < -0.4 is 0 Å². The zero-order chi connectivity index (χ0) is 16.5. The number of benzene rings is 1. The van der Waals surface area contributed by atoms with Crippen LogP contribution in [0.4, 0.5) is 13.2 Å². The molecule has 0 saturated heterocycles. The Morgan fingerprint density at radius 3 is 2.50 bits per heavy atom. The monoisotopic (exact) mass is 313 g/mol. The van der Waals surface area contributed by atoms with E-state index in [1.165, 1.54) is 38.2 Å². The molecule has 1 aromatic carbocycles. The lowest BCUT2D eigenvalue weighted by molar-refractivity contribution is -0.147. The molecule has 0 unspecified atom stereocenters. The van der Waals surface area contributed by atoms with E-state index in [-0.39, 0.29) is 12.1 Å². The molecule has 0 aliphatic carbocycles. The Balaban J connectivity index is 2.49. The fourth-order valence-corrected chi connectivity index (χ4v) is 2.01. The first-order chi connectivity index (χ1) is 10.1. The molecule has 0 saturated carbocycles. The van der Waals surface area contributed by atoms with Gasteiger partial charge in [0.15, 0.2) is 0 Å². The van der Waals surface area contributed by atoms with Crippen molar-refractivity contribution in [3.63, 3.8) is 0 Å². The van der Waals surface area contributed by atoms with Gasteiger partial charge in [-0.2, -0.15) is 13.2 Å². The molecule has 0 aliphatic rings. The van der Waals surface area contributed by atoms with E-state index in [2.05, 4.69) is 10.3 Å². The average molecular weight is 313 g/mol. The van der Waals surface area contributed by atoms with Gasteiger partial charge in [0.05, 0.1) is 28.6 Å². The summed E-state index contributed by atoms with van der Waals surface area (Å²) in [5.41, 5.74) is -1.88. The minimum atomic E-state index is -4.54. The van der Waals surface area contributed by atoms with E-state index in [4.69, 9.17) is 5.11 Å². The minimum Gasteiger partial charge on any atom is -0.481 e. The van der Waals surface area contributed by atoms with E-state index in [0.717, 1.165) is 10.7 Å². The zero-order valence-corrected chi connectivity index (χ0v) is 11.9. The van der Waals surface area contributed by atoms with Crippen molar-refractivity contribution in [3.8, 4) is 5.69 Å². The van der Waals surface area contributed by atoms with Crippen molar-refractivity contribution in [2.24, 2.45) is 5.41 Å². The second kappa shape index (κ2) is 5.43. The number of aromatic nitrogens is 3. The van der Waals surface area contributed by atoms with E-state index in [0.29, 0.717) is 5.69 Å². The van der Waals surface area contributed by atoms with Crippen LogP contribution in [0.2, 0.25) is 0 Å². The summed E-state index contributed by atoms with van der Waals surface area (Å²) in [4.78, 5) is 11.2. The molecule has 2 aromatic rings. The third-order valence-electron chi connectivity index (χ3n) is 3.26. The first-order valence-corrected chi connectivity index (χ1v) is 6.42. The van der Waals surface area contributed by atoms with Crippen molar-refractivity contribution < 1.29 is 23.1 Å². The van der Waals surface area contributed by atoms with Crippen LogP contribution in [0.25, 0.3) is 5.69 Å². The summed E-state index contributed by atoms with van der Waals surface area (Å²) in [6.07, 6.45) is -3.26. The second-order valence-corrected chi connectivity index (χ2v) is 5.52. The van der Waals surface area contributed by atoms with Crippen LogP contribution in [0, 0.1) is 5.41 Å². The summed E-state index contributed by atoms with van der Waals surface area (Å²) in [5.74, 6) is -1.05. The number of hydrogen-bond donors (Lipinski definition) is 1. The van der Waals surface area contributed by atoms with Gasteiger partial charge in [-0.25, -0.2) is 4.68 Å². The zero-order valence-electron chi connectivity index (χ0n) is 11.9. The van der Waals surface area contributed by atoms with E-state index < -0.39 is 23.1 Å². The maximum Gasteiger partial charge on any atom is 0.418 e. The van der Waals surface area contributed by atoms with Gasteiger partial charge in [-0.3, -0.25) is 4.79 Å². The normalized spacial score (nSPS) is 12.4. The lowest BCUT2D eigenvalue weighted by atomic mass is 9.88. The van der Waals surface area contributed by atoms with E-state index in [1.807, 2.05) is 0 Å². The SMILES string of the molecule is CC(C)(Cc1cnnn1-c1ccccc1C(F)(F)F)C(=O)O. The number of carboxylic acid groups (broad SMARTS) is 1. The highest BCUT2D eigenvalue weighted by Gasteiger charge is 2.35. The summed E-state index contributed by atoms with van der Waals surface area (Å²) in [6.45, 7) is 2.98. The number of nitrogens with zero attached hydrogens (tertiary/aromatic N) is 3.